The molecule has 0 aliphatic rings. The molecule has 96 valence electrons. The summed E-state index contributed by atoms with van der Waals surface area (Å²) < 4.78 is 43.9. The molecule has 0 saturated carbocycles. The largest absolute Gasteiger partial charge is 0.573 e. The van der Waals surface area contributed by atoms with Gasteiger partial charge in [-0.3, -0.25) is 0 Å². The normalized spacial score (nSPS) is 10.6. The lowest BCUT2D eigenvalue weighted by atomic mass is 10.1. The molecule has 5 nitrogen and oxygen atoms in total. The van der Waals surface area contributed by atoms with Crippen molar-refractivity contribution in [2.45, 2.75) is 6.36 Å². The van der Waals surface area contributed by atoms with Gasteiger partial charge < -0.3 is 14.6 Å². The maximum Gasteiger partial charge on any atom is 0.573 e. The fraction of sp³-hybridized carbons (Fsp3) is 0.200. The average molecular weight is 261 g/mol. The van der Waals surface area contributed by atoms with E-state index < -0.39 is 35.0 Å². The van der Waals surface area contributed by atoms with Crippen LogP contribution in [0.3, 0.4) is 0 Å². The Bertz CT molecular complexity index is 519. The molecule has 0 aliphatic carbocycles. The van der Waals surface area contributed by atoms with Crippen LogP contribution >= 0.6 is 0 Å². The van der Waals surface area contributed by atoms with Gasteiger partial charge in [0.2, 0.25) is 0 Å². The van der Waals surface area contributed by atoms with Gasteiger partial charge in [-0.05, 0) is 6.07 Å². The second-order valence-electron chi connectivity index (χ2n) is 3.02. The monoisotopic (exact) mass is 261 g/mol. The smallest absolute Gasteiger partial charge is 0.507 e. The number of halogens is 3. The van der Waals surface area contributed by atoms with Crippen molar-refractivity contribution in [3.05, 3.63) is 23.3 Å². The van der Waals surface area contributed by atoms with Crippen LogP contribution in [0, 0.1) is 11.3 Å². The Hall–Kier alpha value is -2.43. The zero-order valence-corrected chi connectivity index (χ0v) is 8.91. The summed E-state index contributed by atoms with van der Waals surface area (Å²) in [6, 6.07) is 2.70. The van der Waals surface area contributed by atoms with Crippen molar-refractivity contribution in [3.8, 4) is 17.6 Å². The lowest BCUT2D eigenvalue weighted by Crippen LogP contribution is -2.18. The third-order valence-electron chi connectivity index (χ3n) is 1.85. The number of hydrogen-bond acceptors (Lipinski definition) is 5. The molecule has 0 spiro atoms. The first-order chi connectivity index (χ1) is 8.28. The summed E-state index contributed by atoms with van der Waals surface area (Å²) in [5.41, 5.74) is -0.978. The molecule has 0 fully saturated rings. The molecule has 1 N–H and O–H groups in total. The highest BCUT2D eigenvalue weighted by atomic mass is 19.4. The van der Waals surface area contributed by atoms with Crippen LogP contribution in [-0.2, 0) is 4.74 Å². The molecule has 0 bridgehead atoms. The molecule has 0 radical (unpaired) electrons. The van der Waals surface area contributed by atoms with Crippen molar-refractivity contribution in [3.63, 3.8) is 0 Å². The Balaban J connectivity index is 3.28. The molecule has 18 heavy (non-hydrogen) atoms. The number of hydrogen-bond donors (Lipinski definition) is 1. The van der Waals surface area contributed by atoms with Crippen molar-refractivity contribution in [1.29, 1.82) is 5.26 Å². The number of aromatic hydroxyl groups is 1. The summed E-state index contributed by atoms with van der Waals surface area (Å²) in [5.74, 6) is -2.65. The van der Waals surface area contributed by atoms with E-state index in [1.54, 1.807) is 0 Å². The highest BCUT2D eigenvalue weighted by Crippen LogP contribution is 2.32. The summed E-state index contributed by atoms with van der Waals surface area (Å²) in [6.45, 7) is 0. The van der Waals surface area contributed by atoms with Gasteiger partial charge in [0.05, 0.1) is 12.7 Å². The second-order valence-corrected chi connectivity index (χ2v) is 3.02. The molecule has 0 atom stereocenters. The third-order valence-corrected chi connectivity index (χ3v) is 1.85. The maximum absolute atomic E-state index is 12.0. The number of carbonyl (C=O) groups is 1. The standard InChI is InChI=1S/C10H6F3NO4/c1-17-9(16)6-2-5(4-14)8(3-7(6)15)18-10(11,12)13/h2-3,15H,1H3. The van der Waals surface area contributed by atoms with Gasteiger partial charge in [0, 0.05) is 6.07 Å². The van der Waals surface area contributed by atoms with Gasteiger partial charge in [0.1, 0.15) is 17.4 Å². The summed E-state index contributed by atoms with van der Waals surface area (Å²) in [5, 5.41) is 18.0. The predicted octanol–water partition coefficient (Wildman–Crippen LogP) is 1.95. The Morgan fingerprint density at radius 3 is 2.50 bits per heavy atom. The van der Waals surface area contributed by atoms with E-state index in [1.165, 1.54) is 6.07 Å². The summed E-state index contributed by atoms with van der Waals surface area (Å²) in [7, 11) is 1.02. The SMILES string of the molecule is COC(=O)c1cc(C#N)c(OC(F)(F)F)cc1O. The topological polar surface area (TPSA) is 79.6 Å². The van der Waals surface area contributed by atoms with E-state index in [0.29, 0.717) is 6.07 Å². The Kier molecular flexibility index (Phi) is 3.66. The van der Waals surface area contributed by atoms with E-state index in [1.807, 2.05) is 0 Å². The van der Waals surface area contributed by atoms with E-state index >= 15 is 0 Å². The van der Waals surface area contributed by atoms with E-state index in [0.717, 1.165) is 13.2 Å². The van der Waals surface area contributed by atoms with Gasteiger partial charge in [0.15, 0.2) is 5.75 Å². The zero-order valence-electron chi connectivity index (χ0n) is 8.91. The van der Waals surface area contributed by atoms with Crippen molar-refractivity contribution in [2.24, 2.45) is 0 Å². The number of phenolic OH excluding ortho intramolecular Hbond substituents is 1. The quantitative estimate of drug-likeness (QED) is 0.823. The van der Waals surface area contributed by atoms with Gasteiger partial charge in [-0.25, -0.2) is 4.79 Å². The van der Waals surface area contributed by atoms with Crippen LogP contribution in [0.1, 0.15) is 15.9 Å². The molecule has 0 amide bonds. The molecule has 0 heterocycles. The number of nitrogens with zero attached hydrogens (tertiary/aromatic N) is 1. The average Bonchev–Trinajstić information content (AvgIpc) is 2.26. The highest BCUT2D eigenvalue weighted by molar-refractivity contribution is 5.93. The minimum absolute atomic E-state index is 0.427. The first-order valence-electron chi connectivity index (χ1n) is 4.39. The van der Waals surface area contributed by atoms with Crippen molar-refractivity contribution >= 4 is 5.97 Å². The van der Waals surface area contributed by atoms with E-state index in [4.69, 9.17) is 5.26 Å². The molecule has 0 saturated heterocycles. The van der Waals surface area contributed by atoms with Gasteiger partial charge in [-0.2, -0.15) is 5.26 Å². The number of phenols is 1. The van der Waals surface area contributed by atoms with Gasteiger partial charge >= 0.3 is 12.3 Å². The summed E-state index contributed by atoms with van der Waals surface area (Å²) in [4.78, 5) is 11.1. The lowest BCUT2D eigenvalue weighted by molar-refractivity contribution is -0.274. The maximum atomic E-state index is 12.0. The molecule has 8 heteroatoms. The molecule has 1 aromatic carbocycles. The highest BCUT2D eigenvalue weighted by Gasteiger charge is 2.33. The van der Waals surface area contributed by atoms with Gasteiger partial charge in [-0.15, -0.1) is 13.2 Å². The number of benzene rings is 1. The number of nitriles is 1. The molecule has 1 rings (SSSR count). The zero-order chi connectivity index (χ0) is 13.9. The van der Waals surface area contributed by atoms with Crippen LogP contribution in [0.15, 0.2) is 12.1 Å². The summed E-state index contributed by atoms with van der Waals surface area (Å²) >= 11 is 0. The fourth-order valence-electron chi connectivity index (χ4n) is 1.14. The molecule has 0 aromatic heterocycles. The molecule has 0 unspecified atom stereocenters. The van der Waals surface area contributed by atoms with Gasteiger partial charge in [-0.1, -0.05) is 0 Å². The number of rotatable bonds is 2. The van der Waals surface area contributed by atoms with Gasteiger partial charge in [0.25, 0.3) is 0 Å². The number of ether oxygens (including phenoxy) is 2. The fourth-order valence-corrected chi connectivity index (χ4v) is 1.14. The van der Waals surface area contributed by atoms with Crippen molar-refractivity contribution in [1.82, 2.24) is 0 Å². The molecule has 1 aromatic rings. The molecule has 0 aliphatic heterocycles. The minimum atomic E-state index is -5.01. The van der Waals surface area contributed by atoms with Crippen molar-refractivity contribution < 1.29 is 32.5 Å². The number of methoxy groups -OCH3 is 1. The first-order valence-corrected chi connectivity index (χ1v) is 4.39. The Morgan fingerprint density at radius 2 is 2.06 bits per heavy atom. The lowest BCUT2D eigenvalue weighted by Gasteiger charge is -2.11. The molecular weight excluding hydrogens is 255 g/mol. The Labute approximate surface area is 99.0 Å². The summed E-state index contributed by atoms with van der Waals surface area (Å²) in [6.07, 6.45) is -5.01. The van der Waals surface area contributed by atoms with Crippen LogP contribution < -0.4 is 4.74 Å². The first kappa shape index (κ1) is 13.6. The van der Waals surface area contributed by atoms with E-state index in [-0.39, 0.29) is 0 Å². The van der Waals surface area contributed by atoms with Crippen LogP contribution in [0.5, 0.6) is 11.5 Å². The number of esters is 1. The van der Waals surface area contributed by atoms with Crippen LogP contribution in [-0.4, -0.2) is 24.5 Å². The van der Waals surface area contributed by atoms with Crippen LogP contribution in [0.2, 0.25) is 0 Å². The van der Waals surface area contributed by atoms with Crippen molar-refractivity contribution in [2.75, 3.05) is 7.11 Å². The van der Waals surface area contributed by atoms with Crippen LogP contribution in [0.4, 0.5) is 13.2 Å². The Morgan fingerprint density at radius 1 is 1.44 bits per heavy atom. The van der Waals surface area contributed by atoms with E-state index in [2.05, 4.69) is 9.47 Å². The predicted molar refractivity (Wildman–Crippen MR) is 50.8 cm³/mol. The van der Waals surface area contributed by atoms with Crippen LogP contribution in [0.25, 0.3) is 0 Å². The molecular formula is C10H6F3NO4. The second kappa shape index (κ2) is 4.83. The third kappa shape index (κ3) is 3.04. The number of carbonyl (C=O) groups excluding carboxylic acids is 1. The minimum Gasteiger partial charge on any atom is -0.507 e. The van der Waals surface area contributed by atoms with E-state index in [9.17, 15) is 23.1 Å². The number of alkyl halides is 3.